The van der Waals surface area contributed by atoms with Gasteiger partial charge in [0.25, 0.3) is 0 Å². The Morgan fingerprint density at radius 1 is 1.12 bits per heavy atom. The summed E-state index contributed by atoms with van der Waals surface area (Å²) in [4.78, 5) is 2.03. The van der Waals surface area contributed by atoms with E-state index in [1.807, 2.05) is 4.90 Å². The fourth-order valence-corrected chi connectivity index (χ4v) is 4.10. The predicted molar refractivity (Wildman–Crippen MR) is 64.5 cm³/mol. The highest BCUT2D eigenvalue weighted by atomic mass is 32.2. The van der Waals surface area contributed by atoms with Crippen LogP contribution in [-0.4, -0.2) is 66.4 Å². The molecule has 4 atom stereocenters. The fraction of sp³-hybridized carbons (Fsp3) is 1.00. The maximum absolute atomic E-state index is 11.6. The van der Waals surface area contributed by atoms with Crippen molar-refractivity contribution in [3.63, 3.8) is 0 Å². The van der Waals surface area contributed by atoms with Crippen LogP contribution in [0.25, 0.3) is 0 Å². The normalized spacial score (nSPS) is 40.6. The number of rotatable bonds is 2. The minimum atomic E-state index is -2.97. The summed E-state index contributed by atoms with van der Waals surface area (Å²) in [5.41, 5.74) is 0. The van der Waals surface area contributed by atoms with E-state index >= 15 is 0 Å². The van der Waals surface area contributed by atoms with Crippen molar-refractivity contribution in [2.75, 3.05) is 19.3 Å². The van der Waals surface area contributed by atoms with Crippen LogP contribution in [-0.2, 0) is 9.84 Å². The molecule has 2 unspecified atom stereocenters. The maximum Gasteiger partial charge on any atom is 0.150 e. The number of aliphatic hydroxyl groups excluding tert-OH is 2. The lowest BCUT2D eigenvalue weighted by molar-refractivity contribution is 0.0572. The van der Waals surface area contributed by atoms with Crippen LogP contribution in [0.3, 0.4) is 0 Å². The molecule has 17 heavy (non-hydrogen) atoms. The fourth-order valence-electron chi connectivity index (χ4n) is 2.94. The largest absolute Gasteiger partial charge is 0.389 e. The first kappa shape index (κ1) is 13.3. The van der Waals surface area contributed by atoms with Gasteiger partial charge in [-0.25, -0.2) is 8.42 Å². The molecule has 1 saturated carbocycles. The monoisotopic (exact) mass is 263 g/mol. The Morgan fingerprint density at radius 3 is 2.24 bits per heavy atom. The van der Waals surface area contributed by atoms with Crippen LogP contribution >= 0.6 is 0 Å². The highest BCUT2D eigenvalue weighted by molar-refractivity contribution is 7.91. The van der Waals surface area contributed by atoms with Crippen LogP contribution < -0.4 is 0 Å². The standard InChI is InChI=1S/C11H21NO4S/c1-17(15,16)9-4-2-3-8(5-9)12-6-10(13)11(14)7-12/h8-11,13-14H,2-7H2,1H3/t8?,9?,10-,11+. The molecule has 0 aromatic carbocycles. The molecule has 100 valence electrons. The molecule has 1 aliphatic carbocycles. The molecule has 1 saturated heterocycles. The molecular weight excluding hydrogens is 242 g/mol. The van der Waals surface area contributed by atoms with E-state index in [4.69, 9.17) is 0 Å². The molecule has 0 radical (unpaired) electrons. The van der Waals surface area contributed by atoms with Crippen LogP contribution in [0.5, 0.6) is 0 Å². The van der Waals surface area contributed by atoms with Crippen LogP contribution in [0.4, 0.5) is 0 Å². The number of sulfone groups is 1. The summed E-state index contributed by atoms with van der Waals surface area (Å²) in [5.74, 6) is 0. The van der Waals surface area contributed by atoms with Gasteiger partial charge in [-0.1, -0.05) is 6.42 Å². The first-order chi connectivity index (χ1) is 7.88. The smallest absolute Gasteiger partial charge is 0.150 e. The second-order valence-electron chi connectivity index (χ2n) is 5.36. The van der Waals surface area contributed by atoms with Gasteiger partial charge in [0.1, 0.15) is 9.84 Å². The minimum Gasteiger partial charge on any atom is -0.389 e. The predicted octanol–water partition coefficient (Wildman–Crippen LogP) is -0.620. The number of likely N-dealkylation sites (tertiary alicyclic amines) is 1. The molecule has 1 heterocycles. The van der Waals surface area contributed by atoms with Gasteiger partial charge in [0.15, 0.2) is 0 Å². The quantitative estimate of drug-likeness (QED) is 0.694. The summed E-state index contributed by atoms with van der Waals surface area (Å²) in [5, 5.41) is 18.8. The molecule has 0 aromatic heterocycles. The molecule has 2 aliphatic rings. The van der Waals surface area contributed by atoms with Crippen molar-refractivity contribution in [2.24, 2.45) is 0 Å². The summed E-state index contributed by atoms with van der Waals surface area (Å²) < 4.78 is 23.1. The first-order valence-corrected chi connectivity index (χ1v) is 8.12. The van der Waals surface area contributed by atoms with E-state index in [0.717, 1.165) is 19.3 Å². The Hall–Kier alpha value is -0.170. The van der Waals surface area contributed by atoms with Gasteiger partial charge in [-0.3, -0.25) is 4.90 Å². The molecule has 0 spiro atoms. The van der Waals surface area contributed by atoms with Gasteiger partial charge in [-0.2, -0.15) is 0 Å². The topological polar surface area (TPSA) is 77.8 Å². The third kappa shape index (κ3) is 2.99. The van der Waals surface area contributed by atoms with E-state index in [1.165, 1.54) is 6.26 Å². The van der Waals surface area contributed by atoms with Gasteiger partial charge < -0.3 is 10.2 Å². The van der Waals surface area contributed by atoms with Gasteiger partial charge in [-0.15, -0.1) is 0 Å². The average molecular weight is 263 g/mol. The number of β-amino-alcohol motifs (C(OH)–C–C–N with tert-alkyl or cyclic N) is 2. The van der Waals surface area contributed by atoms with Crippen LogP contribution in [0, 0.1) is 0 Å². The van der Waals surface area contributed by atoms with E-state index in [0.29, 0.717) is 19.5 Å². The highest BCUT2D eigenvalue weighted by Crippen LogP contribution is 2.29. The Morgan fingerprint density at radius 2 is 1.71 bits per heavy atom. The summed E-state index contributed by atoms with van der Waals surface area (Å²) in [7, 11) is -2.97. The number of nitrogens with zero attached hydrogens (tertiary/aromatic N) is 1. The molecule has 1 aliphatic heterocycles. The van der Waals surface area contributed by atoms with Crippen LogP contribution in [0.15, 0.2) is 0 Å². The van der Waals surface area contributed by atoms with E-state index in [9.17, 15) is 18.6 Å². The maximum atomic E-state index is 11.6. The third-order valence-electron chi connectivity index (χ3n) is 4.01. The lowest BCUT2D eigenvalue weighted by atomic mass is 9.94. The Kier molecular flexibility index (Phi) is 3.77. The molecule has 0 aromatic rings. The second kappa shape index (κ2) is 4.84. The molecule has 2 N–H and O–H groups in total. The molecule has 2 fully saturated rings. The average Bonchev–Trinajstić information content (AvgIpc) is 2.58. The molecule has 6 heteroatoms. The second-order valence-corrected chi connectivity index (χ2v) is 7.69. The van der Waals surface area contributed by atoms with Crippen molar-refractivity contribution in [3.8, 4) is 0 Å². The Labute approximate surface area is 102 Å². The van der Waals surface area contributed by atoms with Gasteiger partial charge >= 0.3 is 0 Å². The van der Waals surface area contributed by atoms with E-state index in [1.54, 1.807) is 0 Å². The zero-order valence-electron chi connectivity index (χ0n) is 10.1. The van der Waals surface area contributed by atoms with Gasteiger partial charge in [-0.05, 0) is 19.3 Å². The summed E-state index contributed by atoms with van der Waals surface area (Å²) in [6, 6.07) is 0.190. The van der Waals surface area contributed by atoms with Crippen molar-refractivity contribution >= 4 is 9.84 Å². The van der Waals surface area contributed by atoms with Crippen molar-refractivity contribution in [2.45, 2.75) is 49.2 Å². The summed E-state index contributed by atoms with van der Waals surface area (Å²) >= 11 is 0. The van der Waals surface area contributed by atoms with E-state index in [2.05, 4.69) is 0 Å². The van der Waals surface area contributed by atoms with Gasteiger partial charge in [0, 0.05) is 25.4 Å². The molecule has 0 amide bonds. The number of hydrogen-bond donors (Lipinski definition) is 2. The van der Waals surface area contributed by atoms with Gasteiger partial charge in [0.2, 0.25) is 0 Å². The van der Waals surface area contributed by atoms with Crippen molar-refractivity contribution in [3.05, 3.63) is 0 Å². The van der Waals surface area contributed by atoms with Crippen molar-refractivity contribution in [1.29, 1.82) is 0 Å². The SMILES string of the molecule is CS(=O)(=O)C1CCCC(N2C[C@@H](O)[C@@H](O)C2)C1. The zero-order valence-corrected chi connectivity index (χ0v) is 10.9. The van der Waals surface area contributed by atoms with Gasteiger partial charge in [0.05, 0.1) is 17.5 Å². The summed E-state index contributed by atoms with van der Waals surface area (Å²) in [6.45, 7) is 0.921. The lowest BCUT2D eigenvalue weighted by Crippen LogP contribution is -2.41. The molecule has 0 bridgehead atoms. The molecular formula is C11H21NO4S. The van der Waals surface area contributed by atoms with Crippen LogP contribution in [0.1, 0.15) is 25.7 Å². The molecule has 2 rings (SSSR count). The first-order valence-electron chi connectivity index (χ1n) is 6.17. The van der Waals surface area contributed by atoms with Crippen molar-refractivity contribution < 1.29 is 18.6 Å². The lowest BCUT2D eigenvalue weighted by Gasteiger charge is -2.34. The molecule has 5 nitrogen and oxygen atoms in total. The number of aliphatic hydroxyl groups is 2. The highest BCUT2D eigenvalue weighted by Gasteiger charge is 2.37. The Balaban J connectivity index is 1.99. The van der Waals surface area contributed by atoms with E-state index < -0.39 is 22.0 Å². The van der Waals surface area contributed by atoms with E-state index in [-0.39, 0.29) is 11.3 Å². The summed E-state index contributed by atoms with van der Waals surface area (Å²) in [6.07, 6.45) is 3.18. The van der Waals surface area contributed by atoms with Crippen LogP contribution in [0.2, 0.25) is 0 Å². The zero-order chi connectivity index (χ0) is 12.6. The third-order valence-corrected chi connectivity index (χ3v) is 5.65. The Bertz CT molecular complexity index is 360. The van der Waals surface area contributed by atoms with Crippen molar-refractivity contribution in [1.82, 2.24) is 4.90 Å². The minimum absolute atomic E-state index is 0.190. The number of hydrogen-bond acceptors (Lipinski definition) is 5.